The molecular formula is C18H18F2N2O3S. The van der Waals surface area contributed by atoms with E-state index in [4.69, 9.17) is 0 Å². The van der Waals surface area contributed by atoms with E-state index in [0.717, 1.165) is 37.5 Å². The minimum Gasteiger partial charge on any atom is -0.319 e. The van der Waals surface area contributed by atoms with Crippen molar-refractivity contribution >= 4 is 21.6 Å². The maximum atomic E-state index is 13.6. The molecule has 8 heteroatoms. The number of anilines is 1. The highest BCUT2D eigenvalue weighted by Crippen LogP contribution is 2.21. The average Bonchev–Trinajstić information content (AvgIpc) is 2.65. The summed E-state index contributed by atoms with van der Waals surface area (Å²) in [4.78, 5) is 12.3. The number of piperidine rings is 1. The minimum atomic E-state index is -3.58. The maximum absolute atomic E-state index is 13.6. The number of hydrogen-bond donors (Lipinski definition) is 1. The molecule has 1 amide bonds. The predicted octanol–water partition coefficient (Wildman–Crippen LogP) is 3.39. The van der Waals surface area contributed by atoms with Crippen LogP contribution in [0.3, 0.4) is 0 Å². The van der Waals surface area contributed by atoms with Crippen LogP contribution in [0.15, 0.2) is 47.4 Å². The molecule has 0 spiro atoms. The van der Waals surface area contributed by atoms with Gasteiger partial charge in [-0.1, -0.05) is 6.42 Å². The van der Waals surface area contributed by atoms with Crippen LogP contribution in [0.25, 0.3) is 0 Å². The number of rotatable bonds is 4. The summed E-state index contributed by atoms with van der Waals surface area (Å²) in [6, 6.07) is 8.14. The van der Waals surface area contributed by atoms with Crippen molar-refractivity contribution in [1.82, 2.24) is 4.31 Å². The molecule has 0 atom stereocenters. The number of hydrogen-bond acceptors (Lipinski definition) is 3. The second kappa shape index (κ2) is 7.51. The van der Waals surface area contributed by atoms with E-state index in [9.17, 15) is 22.0 Å². The summed E-state index contributed by atoms with van der Waals surface area (Å²) in [5, 5.41) is 2.28. The molecule has 3 rings (SSSR count). The van der Waals surface area contributed by atoms with E-state index < -0.39 is 27.6 Å². The highest BCUT2D eigenvalue weighted by atomic mass is 32.2. The Balaban J connectivity index is 1.76. The van der Waals surface area contributed by atoms with Gasteiger partial charge in [0, 0.05) is 24.7 Å². The summed E-state index contributed by atoms with van der Waals surface area (Å²) in [6.07, 6.45) is 2.68. The lowest BCUT2D eigenvalue weighted by atomic mass is 10.2. The van der Waals surface area contributed by atoms with Crippen LogP contribution in [0.2, 0.25) is 0 Å². The van der Waals surface area contributed by atoms with Crippen molar-refractivity contribution in [1.29, 1.82) is 0 Å². The van der Waals surface area contributed by atoms with Gasteiger partial charge in [-0.25, -0.2) is 17.2 Å². The van der Waals surface area contributed by atoms with E-state index in [1.807, 2.05) is 0 Å². The van der Waals surface area contributed by atoms with Crippen LogP contribution in [-0.4, -0.2) is 31.7 Å². The predicted molar refractivity (Wildman–Crippen MR) is 93.4 cm³/mol. The molecule has 0 unspecified atom stereocenters. The van der Waals surface area contributed by atoms with Crippen molar-refractivity contribution in [3.8, 4) is 0 Å². The number of amides is 1. The quantitative estimate of drug-likeness (QED) is 0.884. The Morgan fingerprint density at radius 3 is 2.27 bits per heavy atom. The molecule has 1 N–H and O–H groups in total. The highest BCUT2D eigenvalue weighted by molar-refractivity contribution is 7.89. The SMILES string of the molecule is O=C(Nc1cc(F)ccc1F)c1ccc(S(=O)(=O)N2CCCCC2)cc1. The summed E-state index contributed by atoms with van der Waals surface area (Å²) in [6.45, 7) is 0.979. The van der Waals surface area contributed by atoms with Crippen molar-refractivity contribution in [3.63, 3.8) is 0 Å². The van der Waals surface area contributed by atoms with E-state index in [1.165, 1.54) is 28.6 Å². The summed E-state index contributed by atoms with van der Waals surface area (Å²) >= 11 is 0. The molecule has 5 nitrogen and oxygen atoms in total. The van der Waals surface area contributed by atoms with Crippen LogP contribution in [-0.2, 0) is 10.0 Å². The van der Waals surface area contributed by atoms with Gasteiger partial charge in [0.2, 0.25) is 10.0 Å². The number of carbonyl (C=O) groups is 1. The van der Waals surface area contributed by atoms with Gasteiger partial charge in [-0.3, -0.25) is 4.79 Å². The van der Waals surface area contributed by atoms with Gasteiger partial charge in [-0.2, -0.15) is 4.31 Å². The molecule has 0 aliphatic carbocycles. The fourth-order valence-electron chi connectivity index (χ4n) is 2.82. The second-order valence-electron chi connectivity index (χ2n) is 6.07. The standard InChI is InChI=1S/C18H18F2N2O3S/c19-14-6-9-16(20)17(12-14)21-18(23)13-4-7-15(8-5-13)26(24,25)22-10-2-1-3-11-22/h4-9,12H,1-3,10-11H2,(H,21,23). The fraction of sp³-hybridized carbons (Fsp3) is 0.278. The van der Waals surface area contributed by atoms with Gasteiger partial charge >= 0.3 is 0 Å². The summed E-state index contributed by atoms with van der Waals surface area (Å²) < 4.78 is 53.4. The molecule has 2 aromatic rings. The lowest BCUT2D eigenvalue weighted by molar-refractivity contribution is 0.102. The number of sulfonamides is 1. The monoisotopic (exact) mass is 380 g/mol. The Labute approximate surface area is 150 Å². The zero-order valence-electron chi connectivity index (χ0n) is 13.9. The van der Waals surface area contributed by atoms with E-state index in [0.29, 0.717) is 13.1 Å². The molecule has 0 bridgehead atoms. The molecule has 1 aliphatic heterocycles. The smallest absolute Gasteiger partial charge is 0.255 e. The van der Waals surface area contributed by atoms with E-state index >= 15 is 0 Å². The van der Waals surface area contributed by atoms with E-state index in [2.05, 4.69) is 5.32 Å². The molecular weight excluding hydrogens is 362 g/mol. The Morgan fingerprint density at radius 1 is 0.962 bits per heavy atom. The Hall–Kier alpha value is -2.32. The molecule has 1 aliphatic rings. The molecule has 0 saturated carbocycles. The molecule has 138 valence electrons. The Morgan fingerprint density at radius 2 is 1.62 bits per heavy atom. The summed E-state index contributed by atoms with van der Waals surface area (Å²) in [5.41, 5.74) is -0.133. The first-order valence-electron chi connectivity index (χ1n) is 8.24. The summed E-state index contributed by atoms with van der Waals surface area (Å²) in [7, 11) is -3.58. The van der Waals surface area contributed by atoms with Crippen LogP contribution >= 0.6 is 0 Å². The lowest BCUT2D eigenvalue weighted by Crippen LogP contribution is -2.35. The van der Waals surface area contributed by atoms with Gasteiger partial charge in [-0.15, -0.1) is 0 Å². The largest absolute Gasteiger partial charge is 0.319 e. The van der Waals surface area contributed by atoms with Crippen molar-refractivity contribution in [2.75, 3.05) is 18.4 Å². The highest BCUT2D eigenvalue weighted by Gasteiger charge is 2.26. The third-order valence-electron chi connectivity index (χ3n) is 4.25. The maximum Gasteiger partial charge on any atom is 0.255 e. The second-order valence-corrected chi connectivity index (χ2v) is 8.01. The number of carbonyl (C=O) groups excluding carboxylic acids is 1. The molecule has 26 heavy (non-hydrogen) atoms. The first-order chi connectivity index (χ1) is 12.4. The van der Waals surface area contributed by atoms with E-state index in [-0.39, 0.29) is 16.1 Å². The first kappa shape index (κ1) is 18.5. The van der Waals surface area contributed by atoms with Gasteiger partial charge in [0.25, 0.3) is 5.91 Å². The van der Waals surface area contributed by atoms with Crippen LogP contribution in [0.4, 0.5) is 14.5 Å². The van der Waals surface area contributed by atoms with Gasteiger partial charge in [0.05, 0.1) is 10.6 Å². The first-order valence-corrected chi connectivity index (χ1v) is 9.68. The van der Waals surface area contributed by atoms with Crippen molar-refractivity contribution in [2.24, 2.45) is 0 Å². The van der Waals surface area contributed by atoms with Crippen LogP contribution < -0.4 is 5.32 Å². The molecule has 0 aromatic heterocycles. The normalized spacial score (nSPS) is 15.6. The van der Waals surface area contributed by atoms with Gasteiger partial charge in [0.1, 0.15) is 11.6 Å². The molecule has 0 radical (unpaired) electrons. The van der Waals surface area contributed by atoms with Crippen LogP contribution in [0, 0.1) is 11.6 Å². The lowest BCUT2D eigenvalue weighted by Gasteiger charge is -2.25. The number of nitrogens with zero attached hydrogens (tertiary/aromatic N) is 1. The van der Waals surface area contributed by atoms with E-state index in [1.54, 1.807) is 0 Å². The minimum absolute atomic E-state index is 0.105. The molecule has 2 aromatic carbocycles. The van der Waals surface area contributed by atoms with Crippen molar-refractivity contribution < 1.29 is 22.0 Å². The molecule has 1 fully saturated rings. The molecule has 1 heterocycles. The third-order valence-corrected chi connectivity index (χ3v) is 6.16. The topological polar surface area (TPSA) is 66.5 Å². The fourth-order valence-corrected chi connectivity index (χ4v) is 4.34. The number of halogens is 2. The third kappa shape index (κ3) is 3.91. The number of nitrogens with one attached hydrogen (secondary N) is 1. The van der Waals surface area contributed by atoms with Crippen molar-refractivity contribution in [2.45, 2.75) is 24.2 Å². The van der Waals surface area contributed by atoms with Crippen LogP contribution in [0.1, 0.15) is 29.6 Å². The molecule has 1 saturated heterocycles. The zero-order valence-corrected chi connectivity index (χ0v) is 14.7. The van der Waals surface area contributed by atoms with Gasteiger partial charge < -0.3 is 5.32 Å². The zero-order chi connectivity index (χ0) is 18.7. The number of benzene rings is 2. The van der Waals surface area contributed by atoms with Crippen molar-refractivity contribution in [3.05, 3.63) is 59.7 Å². The average molecular weight is 380 g/mol. The Kier molecular flexibility index (Phi) is 5.33. The van der Waals surface area contributed by atoms with Crippen LogP contribution in [0.5, 0.6) is 0 Å². The Bertz CT molecular complexity index is 909. The summed E-state index contributed by atoms with van der Waals surface area (Å²) in [5.74, 6) is -2.09. The van der Waals surface area contributed by atoms with Gasteiger partial charge in [-0.05, 0) is 49.2 Å². The van der Waals surface area contributed by atoms with Gasteiger partial charge in [0.15, 0.2) is 0 Å².